The van der Waals surface area contributed by atoms with Crippen molar-refractivity contribution in [3.63, 3.8) is 0 Å². The van der Waals surface area contributed by atoms with Crippen molar-refractivity contribution in [1.82, 2.24) is 19.6 Å². The number of amides is 1. The van der Waals surface area contributed by atoms with Crippen LogP contribution < -0.4 is 0 Å². The first-order valence-corrected chi connectivity index (χ1v) is 11.2. The first-order valence-electron chi connectivity index (χ1n) is 11.2. The Morgan fingerprint density at radius 2 is 1.64 bits per heavy atom. The van der Waals surface area contributed by atoms with Crippen molar-refractivity contribution in [2.45, 2.75) is 0 Å². The first-order chi connectivity index (χ1) is 16.3. The van der Waals surface area contributed by atoms with E-state index in [9.17, 15) is 4.79 Å². The molecule has 0 aliphatic carbocycles. The van der Waals surface area contributed by atoms with Gasteiger partial charge in [0.25, 0.3) is 5.91 Å². The lowest BCUT2D eigenvalue weighted by atomic mass is 10.2. The zero-order chi connectivity index (χ0) is 22.5. The molecule has 0 atom stereocenters. The fourth-order valence-electron chi connectivity index (χ4n) is 4.04. The Labute approximate surface area is 193 Å². The Bertz CT molecular complexity index is 1210. The third kappa shape index (κ3) is 4.81. The van der Waals surface area contributed by atoms with Crippen molar-refractivity contribution in [3.8, 4) is 17.1 Å². The molecule has 1 fully saturated rings. The summed E-state index contributed by atoms with van der Waals surface area (Å²) in [6.45, 7) is 3.94. The van der Waals surface area contributed by atoms with Crippen molar-refractivity contribution < 1.29 is 9.21 Å². The van der Waals surface area contributed by atoms with E-state index >= 15 is 0 Å². The number of piperazine rings is 1. The summed E-state index contributed by atoms with van der Waals surface area (Å²) < 4.78 is 7.24. The van der Waals surface area contributed by atoms with Crippen LogP contribution in [0.3, 0.4) is 0 Å². The second-order valence-corrected chi connectivity index (χ2v) is 8.05. The number of hydrogen-bond donors (Lipinski definition) is 0. The van der Waals surface area contributed by atoms with E-state index in [0.717, 1.165) is 25.3 Å². The standard InChI is InChI=1S/C27H26N4O2/c32-27(30-18-16-29(17-19-30)15-7-11-22-9-3-1-4-10-22)25-21-24(26-14-8-20-33-26)28-31(25)23-12-5-2-6-13-23/h1-14,20-21H,15-19H2/b11-7+. The van der Waals surface area contributed by atoms with Crippen LogP contribution in [0, 0.1) is 0 Å². The number of aromatic nitrogens is 2. The van der Waals surface area contributed by atoms with E-state index in [1.807, 2.05) is 71.6 Å². The Morgan fingerprint density at radius 1 is 0.909 bits per heavy atom. The molecule has 1 aliphatic heterocycles. The highest BCUT2D eigenvalue weighted by Gasteiger charge is 2.26. The van der Waals surface area contributed by atoms with Gasteiger partial charge in [0, 0.05) is 38.8 Å². The lowest BCUT2D eigenvalue weighted by molar-refractivity contribution is 0.0641. The van der Waals surface area contributed by atoms with Crippen molar-refractivity contribution in [2.75, 3.05) is 32.7 Å². The van der Waals surface area contributed by atoms with Crippen LogP contribution in [-0.4, -0.2) is 58.2 Å². The molecule has 6 heteroatoms. The molecule has 0 bridgehead atoms. The summed E-state index contributed by atoms with van der Waals surface area (Å²) >= 11 is 0. The summed E-state index contributed by atoms with van der Waals surface area (Å²) in [5.41, 5.74) is 3.25. The maximum atomic E-state index is 13.5. The van der Waals surface area contributed by atoms with E-state index in [0.29, 0.717) is 30.2 Å². The van der Waals surface area contributed by atoms with Crippen molar-refractivity contribution in [1.29, 1.82) is 0 Å². The number of carbonyl (C=O) groups is 1. The Kier molecular flexibility index (Phi) is 6.17. The molecule has 33 heavy (non-hydrogen) atoms. The monoisotopic (exact) mass is 438 g/mol. The van der Waals surface area contributed by atoms with Gasteiger partial charge in [0.15, 0.2) is 5.76 Å². The van der Waals surface area contributed by atoms with E-state index < -0.39 is 0 Å². The van der Waals surface area contributed by atoms with Crippen LogP contribution in [0.25, 0.3) is 23.2 Å². The largest absolute Gasteiger partial charge is 0.463 e. The second-order valence-electron chi connectivity index (χ2n) is 8.05. The quantitative estimate of drug-likeness (QED) is 0.441. The highest BCUT2D eigenvalue weighted by Crippen LogP contribution is 2.23. The highest BCUT2D eigenvalue weighted by atomic mass is 16.3. The third-order valence-electron chi connectivity index (χ3n) is 5.84. The Morgan fingerprint density at radius 3 is 2.33 bits per heavy atom. The van der Waals surface area contributed by atoms with Gasteiger partial charge in [-0.15, -0.1) is 0 Å². The molecular weight excluding hydrogens is 412 g/mol. The molecule has 2 aromatic carbocycles. The van der Waals surface area contributed by atoms with Gasteiger partial charge in [0.2, 0.25) is 0 Å². The van der Waals surface area contributed by atoms with Crippen molar-refractivity contribution in [3.05, 3.63) is 102 Å². The van der Waals surface area contributed by atoms with Crippen LogP contribution in [0.1, 0.15) is 16.1 Å². The number of rotatable bonds is 6. The maximum Gasteiger partial charge on any atom is 0.272 e. The maximum absolute atomic E-state index is 13.5. The molecule has 6 nitrogen and oxygen atoms in total. The van der Waals surface area contributed by atoms with Gasteiger partial charge in [0.1, 0.15) is 11.4 Å². The number of nitrogens with zero attached hydrogens (tertiary/aromatic N) is 4. The van der Waals surface area contributed by atoms with Gasteiger partial charge in [-0.05, 0) is 29.8 Å². The highest BCUT2D eigenvalue weighted by molar-refractivity contribution is 5.94. The molecule has 2 aromatic heterocycles. The molecule has 0 radical (unpaired) electrons. The predicted octanol–water partition coefficient (Wildman–Crippen LogP) is 4.60. The summed E-state index contributed by atoms with van der Waals surface area (Å²) in [5, 5.41) is 4.68. The third-order valence-corrected chi connectivity index (χ3v) is 5.84. The fraction of sp³-hybridized carbons (Fsp3) is 0.185. The second kappa shape index (κ2) is 9.71. The summed E-state index contributed by atoms with van der Waals surface area (Å²) in [6.07, 6.45) is 5.95. The lowest BCUT2D eigenvalue weighted by Gasteiger charge is -2.34. The zero-order valence-electron chi connectivity index (χ0n) is 18.4. The number of carbonyl (C=O) groups excluding carboxylic acids is 1. The van der Waals surface area contributed by atoms with Crippen LogP contribution in [0.2, 0.25) is 0 Å². The molecule has 0 unspecified atom stereocenters. The van der Waals surface area contributed by atoms with E-state index in [1.165, 1.54) is 5.56 Å². The summed E-state index contributed by atoms with van der Waals surface area (Å²) in [7, 11) is 0. The summed E-state index contributed by atoms with van der Waals surface area (Å²) in [4.78, 5) is 17.8. The molecule has 1 amide bonds. The van der Waals surface area contributed by atoms with E-state index in [-0.39, 0.29) is 5.91 Å². The predicted molar refractivity (Wildman–Crippen MR) is 129 cm³/mol. The van der Waals surface area contributed by atoms with Crippen molar-refractivity contribution in [2.24, 2.45) is 0 Å². The number of furan rings is 1. The molecular formula is C27H26N4O2. The average molecular weight is 439 g/mol. The van der Waals surface area contributed by atoms with Gasteiger partial charge in [0.05, 0.1) is 12.0 Å². The smallest absolute Gasteiger partial charge is 0.272 e. The molecule has 0 N–H and O–H groups in total. The SMILES string of the molecule is O=C(c1cc(-c2ccco2)nn1-c1ccccc1)N1CCN(C/C=C/c2ccccc2)CC1. The van der Waals surface area contributed by atoms with Gasteiger partial charge in [-0.2, -0.15) is 5.10 Å². The van der Waals surface area contributed by atoms with Crippen LogP contribution in [-0.2, 0) is 0 Å². The Balaban J connectivity index is 1.28. The minimum atomic E-state index is -0.0105. The minimum absolute atomic E-state index is 0.0105. The van der Waals surface area contributed by atoms with Crippen LogP contribution >= 0.6 is 0 Å². The first kappa shape index (κ1) is 21.0. The molecule has 0 spiro atoms. The fourth-order valence-corrected chi connectivity index (χ4v) is 4.04. The van der Waals surface area contributed by atoms with Crippen molar-refractivity contribution >= 4 is 12.0 Å². The number of hydrogen-bond acceptors (Lipinski definition) is 4. The van der Waals surface area contributed by atoms with Gasteiger partial charge in [-0.3, -0.25) is 9.69 Å². The molecule has 4 aromatic rings. The van der Waals surface area contributed by atoms with Gasteiger partial charge >= 0.3 is 0 Å². The Hall–Kier alpha value is -3.90. The lowest BCUT2D eigenvalue weighted by Crippen LogP contribution is -2.49. The average Bonchev–Trinajstić information content (AvgIpc) is 3.56. The molecule has 1 saturated heterocycles. The van der Waals surface area contributed by atoms with E-state index in [1.54, 1.807) is 10.9 Å². The van der Waals surface area contributed by atoms with Gasteiger partial charge < -0.3 is 9.32 Å². The minimum Gasteiger partial charge on any atom is -0.463 e. The summed E-state index contributed by atoms with van der Waals surface area (Å²) in [6, 6.07) is 25.5. The van der Waals surface area contributed by atoms with Crippen LogP contribution in [0.15, 0.2) is 95.6 Å². The van der Waals surface area contributed by atoms with Crippen LogP contribution in [0.4, 0.5) is 0 Å². The summed E-state index contributed by atoms with van der Waals surface area (Å²) in [5.74, 6) is 0.636. The van der Waals surface area contributed by atoms with E-state index in [4.69, 9.17) is 4.42 Å². The molecule has 1 aliphatic rings. The molecule has 5 rings (SSSR count). The van der Waals surface area contributed by atoms with Gasteiger partial charge in [-0.1, -0.05) is 60.7 Å². The number of benzene rings is 2. The number of para-hydroxylation sites is 1. The van der Waals surface area contributed by atoms with E-state index in [2.05, 4.69) is 34.3 Å². The molecule has 3 heterocycles. The van der Waals surface area contributed by atoms with Crippen LogP contribution in [0.5, 0.6) is 0 Å². The zero-order valence-corrected chi connectivity index (χ0v) is 18.4. The molecule has 166 valence electrons. The van der Waals surface area contributed by atoms with Gasteiger partial charge in [-0.25, -0.2) is 4.68 Å². The topological polar surface area (TPSA) is 54.5 Å². The normalized spacial score (nSPS) is 14.7. The molecule has 0 saturated carbocycles.